The number of aryl methyl sites for hydroxylation is 2. The number of thiophene rings is 1. The Labute approximate surface area is 217 Å². The van der Waals surface area contributed by atoms with E-state index < -0.39 is 5.97 Å². The first-order valence-corrected chi connectivity index (χ1v) is 12.6. The van der Waals surface area contributed by atoms with Crippen LogP contribution in [0.25, 0.3) is 11.5 Å². The summed E-state index contributed by atoms with van der Waals surface area (Å²) in [5.74, 6) is 0.826. The van der Waals surface area contributed by atoms with Gasteiger partial charge in [0.05, 0.1) is 21.5 Å². The topological polar surface area (TPSA) is 102 Å². The highest BCUT2D eigenvalue weighted by Gasteiger charge is 2.14. The fourth-order valence-electron chi connectivity index (χ4n) is 3.64. The zero-order chi connectivity index (χ0) is 25.5. The van der Waals surface area contributed by atoms with Gasteiger partial charge < -0.3 is 19.6 Å². The molecule has 4 rings (SSSR count). The Kier molecular flexibility index (Phi) is 8.40. The molecule has 186 valence electrons. The summed E-state index contributed by atoms with van der Waals surface area (Å²) in [5.41, 5.74) is 3.34. The number of hydrogen-bond donors (Lipinski definition) is 2. The minimum Gasteiger partial charge on any atom is -0.493 e. The molecular weight excluding hydrogens is 500 g/mol. The zero-order valence-electron chi connectivity index (χ0n) is 19.6. The van der Waals surface area contributed by atoms with Gasteiger partial charge in [-0.3, -0.25) is 9.59 Å². The molecule has 0 saturated carbocycles. The number of halogens is 1. The fourth-order valence-corrected chi connectivity index (χ4v) is 4.60. The van der Waals surface area contributed by atoms with Crippen LogP contribution in [0.4, 0.5) is 0 Å². The third-order valence-corrected chi connectivity index (χ3v) is 6.73. The molecule has 2 aromatic carbocycles. The van der Waals surface area contributed by atoms with Crippen molar-refractivity contribution in [3.8, 4) is 17.2 Å². The van der Waals surface area contributed by atoms with Crippen molar-refractivity contribution in [2.75, 3.05) is 6.61 Å². The molecule has 9 heteroatoms. The predicted octanol–water partition coefficient (Wildman–Crippen LogP) is 5.93. The maximum Gasteiger partial charge on any atom is 0.303 e. The normalized spacial score (nSPS) is 10.8. The van der Waals surface area contributed by atoms with E-state index in [1.807, 2.05) is 55.5 Å². The summed E-state index contributed by atoms with van der Waals surface area (Å²) < 4.78 is 12.4. The first-order chi connectivity index (χ1) is 17.4. The van der Waals surface area contributed by atoms with Crippen molar-refractivity contribution in [2.24, 2.45) is 0 Å². The molecule has 2 heterocycles. The Bertz CT molecular complexity index is 1350. The van der Waals surface area contributed by atoms with Crippen molar-refractivity contribution in [2.45, 2.75) is 32.7 Å². The van der Waals surface area contributed by atoms with E-state index in [1.54, 1.807) is 12.1 Å². The lowest BCUT2D eigenvalue weighted by atomic mass is 10.1. The van der Waals surface area contributed by atoms with Crippen LogP contribution in [0.3, 0.4) is 0 Å². The molecule has 0 fully saturated rings. The standard InChI is InChI=1S/C27H25ClN2O5S/c1-17-21(30-27(35-17)19-5-3-2-4-6-19)13-14-34-22-9-7-18(8-12-25(31)32)15-20(22)16-29-26(33)23-10-11-24(28)36-23/h2-7,9-11,15H,8,12-14,16H2,1H3,(H,29,33)(H,31,32). The number of benzene rings is 2. The highest BCUT2D eigenvalue weighted by atomic mass is 35.5. The molecule has 0 bridgehead atoms. The van der Waals surface area contributed by atoms with Crippen molar-refractivity contribution in [3.05, 3.63) is 92.5 Å². The highest BCUT2D eigenvalue weighted by Crippen LogP contribution is 2.25. The maximum atomic E-state index is 12.5. The minimum atomic E-state index is -0.863. The van der Waals surface area contributed by atoms with Gasteiger partial charge in [0.1, 0.15) is 11.5 Å². The van der Waals surface area contributed by atoms with Gasteiger partial charge in [-0.05, 0) is 49.2 Å². The van der Waals surface area contributed by atoms with Crippen LogP contribution >= 0.6 is 22.9 Å². The molecular formula is C27H25ClN2O5S. The molecule has 0 atom stereocenters. The number of amides is 1. The molecule has 0 aliphatic heterocycles. The summed E-state index contributed by atoms with van der Waals surface area (Å²) in [6.07, 6.45) is 0.953. The maximum absolute atomic E-state index is 12.5. The van der Waals surface area contributed by atoms with E-state index in [0.29, 0.717) is 40.3 Å². The number of carboxylic acids is 1. The number of ether oxygens (including phenoxy) is 1. The lowest BCUT2D eigenvalue weighted by Crippen LogP contribution is -2.22. The number of nitrogens with zero attached hydrogens (tertiary/aromatic N) is 1. The molecule has 0 unspecified atom stereocenters. The van der Waals surface area contributed by atoms with E-state index in [2.05, 4.69) is 10.3 Å². The number of aromatic nitrogens is 1. The van der Waals surface area contributed by atoms with E-state index in [9.17, 15) is 9.59 Å². The molecule has 0 aliphatic rings. The molecule has 7 nitrogen and oxygen atoms in total. The van der Waals surface area contributed by atoms with Crippen LogP contribution in [0.1, 0.15) is 38.7 Å². The number of carbonyl (C=O) groups is 2. The Morgan fingerprint density at radius 2 is 1.92 bits per heavy atom. The molecule has 0 saturated heterocycles. The van der Waals surface area contributed by atoms with Crippen molar-refractivity contribution >= 4 is 34.8 Å². The number of carboxylic acid groups (broad SMARTS) is 1. The second-order valence-corrected chi connectivity index (χ2v) is 9.82. The van der Waals surface area contributed by atoms with Gasteiger partial charge in [0, 0.05) is 30.5 Å². The number of oxazole rings is 1. The average Bonchev–Trinajstić information content (AvgIpc) is 3.48. The SMILES string of the molecule is Cc1oc(-c2ccccc2)nc1CCOc1ccc(CCC(=O)O)cc1CNC(=O)c1ccc(Cl)s1. The Morgan fingerprint density at radius 3 is 2.64 bits per heavy atom. The first kappa shape index (κ1) is 25.5. The summed E-state index contributed by atoms with van der Waals surface area (Å²) in [7, 11) is 0. The van der Waals surface area contributed by atoms with Gasteiger partial charge >= 0.3 is 5.97 Å². The quantitative estimate of drug-likeness (QED) is 0.252. The highest BCUT2D eigenvalue weighted by molar-refractivity contribution is 7.18. The zero-order valence-corrected chi connectivity index (χ0v) is 21.2. The molecule has 0 aliphatic carbocycles. The van der Waals surface area contributed by atoms with Gasteiger partial charge in [-0.15, -0.1) is 11.3 Å². The average molecular weight is 525 g/mol. The minimum absolute atomic E-state index is 0.0227. The summed E-state index contributed by atoms with van der Waals surface area (Å²) >= 11 is 7.15. The monoisotopic (exact) mass is 524 g/mol. The number of nitrogens with one attached hydrogen (secondary N) is 1. The first-order valence-electron chi connectivity index (χ1n) is 11.4. The third-order valence-electron chi connectivity index (χ3n) is 5.50. The van der Waals surface area contributed by atoms with Crippen molar-refractivity contribution in [1.29, 1.82) is 0 Å². The van der Waals surface area contributed by atoms with Crippen LogP contribution in [0.2, 0.25) is 4.34 Å². The molecule has 0 radical (unpaired) electrons. The van der Waals surface area contributed by atoms with Crippen LogP contribution in [0.15, 0.2) is 65.1 Å². The number of rotatable bonds is 11. The largest absolute Gasteiger partial charge is 0.493 e. The van der Waals surface area contributed by atoms with Crippen LogP contribution in [-0.2, 0) is 24.2 Å². The third kappa shape index (κ3) is 6.74. The number of carbonyl (C=O) groups excluding carboxylic acids is 1. The van der Waals surface area contributed by atoms with Crippen LogP contribution < -0.4 is 10.1 Å². The molecule has 0 spiro atoms. The number of aliphatic carboxylic acids is 1. The van der Waals surface area contributed by atoms with Gasteiger partial charge in [0.15, 0.2) is 0 Å². The van der Waals surface area contributed by atoms with E-state index in [0.717, 1.165) is 28.1 Å². The van der Waals surface area contributed by atoms with Gasteiger partial charge in [0.2, 0.25) is 5.89 Å². The summed E-state index contributed by atoms with van der Waals surface area (Å²) in [5, 5.41) is 11.9. The van der Waals surface area contributed by atoms with Crippen LogP contribution in [-0.4, -0.2) is 28.6 Å². The summed E-state index contributed by atoms with van der Waals surface area (Å²) in [4.78, 5) is 28.6. The molecule has 36 heavy (non-hydrogen) atoms. The summed E-state index contributed by atoms with van der Waals surface area (Å²) in [6.45, 7) is 2.47. The van der Waals surface area contributed by atoms with Gasteiger partial charge in [-0.1, -0.05) is 41.9 Å². The van der Waals surface area contributed by atoms with Crippen molar-refractivity contribution < 1.29 is 23.8 Å². The summed E-state index contributed by atoms with van der Waals surface area (Å²) in [6, 6.07) is 18.6. The van der Waals surface area contributed by atoms with E-state index in [4.69, 9.17) is 25.9 Å². The lowest BCUT2D eigenvalue weighted by molar-refractivity contribution is -0.136. The molecule has 1 amide bonds. The Hall–Kier alpha value is -3.62. The molecule has 2 aromatic heterocycles. The second-order valence-electron chi connectivity index (χ2n) is 8.11. The Morgan fingerprint density at radius 1 is 1.11 bits per heavy atom. The van der Waals surface area contributed by atoms with Crippen LogP contribution in [0, 0.1) is 6.92 Å². The van der Waals surface area contributed by atoms with Crippen LogP contribution in [0.5, 0.6) is 5.75 Å². The van der Waals surface area contributed by atoms with E-state index in [1.165, 1.54) is 11.3 Å². The smallest absolute Gasteiger partial charge is 0.303 e. The molecule has 2 N–H and O–H groups in total. The van der Waals surface area contributed by atoms with E-state index >= 15 is 0 Å². The lowest BCUT2D eigenvalue weighted by Gasteiger charge is -2.14. The van der Waals surface area contributed by atoms with Gasteiger partial charge in [0.25, 0.3) is 5.91 Å². The number of hydrogen-bond acceptors (Lipinski definition) is 6. The fraction of sp³-hybridized carbons (Fsp3) is 0.222. The van der Waals surface area contributed by atoms with Gasteiger partial charge in [-0.25, -0.2) is 4.98 Å². The van der Waals surface area contributed by atoms with Crippen molar-refractivity contribution in [1.82, 2.24) is 10.3 Å². The molecule has 4 aromatic rings. The van der Waals surface area contributed by atoms with Gasteiger partial charge in [-0.2, -0.15) is 0 Å². The van der Waals surface area contributed by atoms with E-state index in [-0.39, 0.29) is 18.9 Å². The second kappa shape index (κ2) is 11.9. The van der Waals surface area contributed by atoms with Crippen molar-refractivity contribution in [3.63, 3.8) is 0 Å². The predicted molar refractivity (Wildman–Crippen MR) is 139 cm³/mol. The Balaban J connectivity index is 1.43.